The van der Waals surface area contributed by atoms with Gasteiger partial charge < -0.3 is 11.1 Å². The topological polar surface area (TPSA) is 105 Å². The van der Waals surface area contributed by atoms with Crippen molar-refractivity contribution in [1.82, 2.24) is 19.9 Å². The lowest BCUT2D eigenvalue weighted by Gasteiger charge is -2.19. The Balaban J connectivity index is 1.58. The molecule has 7 nitrogen and oxygen atoms in total. The van der Waals surface area contributed by atoms with Crippen molar-refractivity contribution in [2.75, 3.05) is 6.54 Å². The van der Waals surface area contributed by atoms with Crippen molar-refractivity contribution in [1.29, 1.82) is 0 Å². The Kier molecular flexibility index (Phi) is 4.90. The van der Waals surface area contributed by atoms with Crippen LogP contribution in [0.5, 0.6) is 0 Å². The smallest absolute Gasteiger partial charge is 0.266 e. The minimum Gasteiger partial charge on any atom is -0.348 e. The van der Waals surface area contributed by atoms with Gasteiger partial charge in [-0.2, -0.15) is 0 Å². The fourth-order valence-electron chi connectivity index (χ4n) is 3.72. The molecule has 0 spiro atoms. The second-order valence-corrected chi connectivity index (χ2v) is 7.21. The molecule has 2 aromatic heterocycles. The Morgan fingerprint density at radius 1 is 1.17 bits per heavy atom. The number of hydrogen-bond acceptors (Lipinski definition) is 4. The zero-order valence-corrected chi connectivity index (χ0v) is 16.4. The van der Waals surface area contributed by atoms with Crippen molar-refractivity contribution in [3.63, 3.8) is 0 Å². The van der Waals surface area contributed by atoms with Gasteiger partial charge in [0.15, 0.2) is 5.65 Å². The van der Waals surface area contributed by atoms with Crippen molar-refractivity contribution in [2.24, 2.45) is 5.73 Å². The molecule has 0 bridgehead atoms. The van der Waals surface area contributed by atoms with E-state index in [1.807, 2.05) is 44.2 Å². The molecule has 0 aliphatic heterocycles. The zero-order valence-electron chi connectivity index (χ0n) is 16.4. The first-order valence-corrected chi connectivity index (χ1v) is 9.52. The molecular formula is C22H23N5O2. The third-order valence-corrected chi connectivity index (χ3v) is 5.29. The van der Waals surface area contributed by atoms with Crippen LogP contribution in [0.3, 0.4) is 0 Å². The quantitative estimate of drug-likeness (QED) is 0.486. The van der Waals surface area contributed by atoms with Gasteiger partial charge in [0.05, 0.1) is 12.5 Å². The Hall–Kier alpha value is -3.45. The summed E-state index contributed by atoms with van der Waals surface area (Å²) in [5.74, 6) is -0.143. The minimum atomic E-state index is -0.282. The number of fused-ring (bicyclic) bond motifs is 2. The van der Waals surface area contributed by atoms with E-state index < -0.39 is 0 Å². The highest BCUT2D eigenvalue weighted by molar-refractivity contribution is 5.84. The standard InChI is InChI=1S/C22H23N5O2/c1-13-18(14(2)27-20(24-13)11-22(29)26-27)10-21(28)25-19(12-23)17-8-7-15-5-3-4-6-16(15)9-17/h3-9,11,19H,10,12,23H2,1-2H3,(H,25,28)(H,26,29). The average Bonchev–Trinajstić information content (AvgIpc) is 3.09. The minimum absolute atomic E-state index is 0.143. The SMILES string of the molecule is Cc1nc2cc(=O)[nH]n2c(C)c1CC(=O)NC(CN)c1ccc2ccccc2c1. The molecule has 0 saturated heterocycles. The van der Waals surface area contributed by atoms with Crippen LogP contribution in [-0.2, 0) is 11.2 Å². The predicted molar refractivity (Wildman–Crippen MR) is 113 cm³/mol. The summed E-state index contributed by atoms with van der Waals surface area (Å²) in [6, 6.07) is 15.3. The molecule has 2 heterocycles. The maximum Gasteiger partial charge on any atom is 0.266 e. The number of nitrogens with zero attached hydrogens (tertiary/aromatic N) is 2. The summed E-state index contributed by atoms with van der Waals surface area (Å²) >= 11 is 0. The van der Waals surface area contributed by atoms with Crippen LogP contribution in [0, 0.1) is 13.8 Å². The molecule has 0 fully saturated rings. The van der Waals surface area contributed by atoms with Crippen LogP contribution < -0.4 is 16.6 Å². The number of hydrogen-bond donors (Lipinski definition) is 3. The van der Waals surface area contributed by atoms with Crippen LogP contribution >= 0.6 is 0 Å². The normalized spacial score (nSPS) is 12.4. The summed E-state index contributed by atoms with van der Waals surface area (Å²) in [6.45, 7) is 4.01. The molecule has 1 atom stereocenters. The molecule has 0 radical (unpaired) electrons. The number of benzene rings is 2. The van der Waals surface area contributed by atoms with Crippen LogP contribution in [0.4, 0.5) is 0 Å². The van der Waals surface area contributed by atoms with Gasteiger partial charge in [0, 0.05) is 29.6 Å². The Bertz CT molecular complexity index is 1270. The molecule has 0 saturated carbocycles. The number of amides is 1. The summed E-state index contributed by atoms with van der Waals surface area (Å²) in [7, 11) is 0. The molecule has 4 rings (SSSR count). The maximum absolute atomic E-state index is 12.8. The van der Waals surface area contributed by atoms with E-state index in [0.29, 0.717) is 12.2 Å². The summed E-state index contributed by atoms with van der Waals surface area (Å²) in [6.07, 6.45) is 0.158. The third-order valence-electron chi connectivity index (χ3n) is 5.29. The monoisotopic (exact) mass is 389 g/mol. The van der Waals surface area contributed by atoms with Crippen molar-refractivity contribution in [3.8, 4) is 0 Å². The van der Waals surface area contributed by atoms with Crippen LogP contribution in [0.15, 0.2) is 53.3 Å². The molecule has 7 heteroatoms. The molecule has 0 aliphatic rings. The highest BCUT2D eigenvalue weighted by Crippen LogP contribution is 2.21. The Labute approximate surface area is 167 Å². The molecule has 29 heavy (non-hydrogen) atoms. The number of H-pyrrole nitrogens is 1. The van der Waals surface area contributed by atoms with E-state index in [2.05, 4.69) is 27.5 Å². The lowest BCUT2D eigenvalue weighted by molar-refractivity contribution is -0.121. The first kappa shape index (κ1) is 18.9. The van der Waals surface area contributed by atoms with Crippen LogP contribution in [0.25, 0.3) is 16.4 Å². The van der Waals surface area contributed by atoms with Crippen LogP contribution in [-0.4, -0.2) is 27.0 Å². The van der Waals surface area contributed by atoms with E-state index in [1.54, 1.807) is 4.52 Å². The molecule has 2 aromatic carbocycles. The number of rotatable bonds is 5. The largest absolute Gasteiger partial charge is 0.348 e. The fraction of sp³-hybridized carbons (Fsp3) is 0.227. The summed E-state index contributed by atoms with van der Waals surface area (Å²) in [5, 5.41) is 7.99. The second-order valence-electron chi connectivity index (χ2n) is 7.21. The van der Waals surface area contributed by atoms with E-state index in [0.717, 1.165) is 33.3 Å². The first-order chi connectivity index (χ1) is 14.0. The maximum atomic E-state index is 12.8. The molecule has 4 aromatic rings. The summed E-state index contributed by atoms with van der Waals surface area (Å²) in [5.41, 5.74) is 9.56. The van der Waals surface area contributed by atoms with Gasteiger partial charge in [-0.05, 0) is 36.2 Å². The lowest BCUT2D eigenvalue weighted by atomic mass is 10.0. The first-order valence-electron chi connectivity index (χ1n) is 9.52. The van der Waals surface area contributed by atoms with Crippen molar-refractivity contribution >= 4 is 22.3 Å². The van der Waals surface area contributed by atoms with Gasteiger partial charge >= 0.3 is 0 Å². The van der Waals surface area contributed by atoms with Gasteiger partial charge in [-0.3, -0.25) is 14.7 Å². The fourth-order valence-corrected chi connectivity index (χ4v) is 3.72. The van der Waals surface area contributed by atoms with E-state index in [-0.39, 0.29) is 23.9 Å². The third kappa shape index (κ3) is 3.64. The summed E-state index contributed by atoms with van der Waals surface area (Å²) in [4.78, 5) is 28.8. The molecule has 4 N–H and O–H groups in total. The van der Waals surface area contributed by atoms with E-state index >= 15 is 0 Å². The highest BCUT2D eigenvalue weighted by Gasteiger charge is 2.18. The molecule has 1 unspecified atom stereocenters. The molecular weight excluding hydrogens is 366 g/mol. The van der Waals surface area contributed by atoms with E-state index in [4.69, 9.17) is 5.73 Å². The second kappa shape index (κ2) is 7.52. The van der Waals surface area contributed by atoms with Gasteiger partial charge in [0.1, 0.15) is 0 Å². The zero-order chi connectivity index (χ0) is 20.5. The number of carbonyl (C=O) groups excluding carboxylic acids is 1. The summed E-state index contributed by atoms with van der Waals surface area (Å²) < 4.78 is 1.61. The van der Waals surface area contributed by atoms with Gasteiger partial charge in [0.2, 0.25) is 5.91 Å². The number of aromatic amines is 1. The van der Waals surface area contributed by atoms with E-state index in [9.17, 15) is 9.59 Å². The predicted octanol–water partition coefficient (Wildman–Crippen LogP) is 2.15. The Morgan fingerprint density at radius 3 is 2.69 bits per heavy atom. The molecule has 0 aliphatic carbocycles. The van der Waals surface area contributed by atoms with Gasteiger partial charge in [0.25, 0.3) is 5.56 Å². The number of nitrogens with two attached hydrogens (primary N) is 1. The Morgan fingerprint density at radius 2 is 1.93 bits per heavy atom. The number of nitrogens with one attached hydrogen (secondary N) is 2. The van der Waals surface area contributed by atoms with Crippen molar-refractivity contribution in [2.45, 2.75) is 26.3 Å². The van der Waals surface area contributed by atoms with Crippen LogP contribution in [0.1, 0.15) is 28.6 Å². The van der Waals surface area contributed by atoms with Gasteiger partial charge in [-0.1, -0.05) is 36.4 Å². The number of aryl methyl sites for hydroxylation is 2. The molecule has 148 valence electrons. The number of carbonyl (C=O) groups is 1. The van der Waals surface area contributed by atoms with Crippen LogP contribution in [0.2, 0.25) is 0 Å². The van der Waals surface area contributed by atoms with Crippen molar-refractivity contribution in [3.05, 3.63) is 81.4 Å². The highest BCUT2D eigenvalue weighted by atomic mass is 16.1. The lowest BCUT2D eigenvalue weighted by Crippen LogP contribution is -2.34. The van der Waals surface area contributed by atoms with Gasteiger partial charge in [-0.25, -0.2) is 9.50 Å². The molecule has 1 amide bonds. The number of aromatic nitrogens is 3. The van der Waals surface area contributed by atoms with E-state index in [1.165, 1.54) is 6.07 Å². The van der Waals surface area contributed by atoms with Gasteiger partial charge in [-0.15, -0.1) is 0 Å². The van der Waals surface area contributed by atoms with Crippen molar-refractivity contribution < 1.29 is 4.79 Å². The average molecular weight is 389 g/mol.